The van der Waals surface area contributed by atoms with E-state index >= 15 is 0 Å². The maximum atomic E-state index is 12.1. The van der Waals surface area contributed by atoms with E-state index in [1.165, 1.54) is 0 Å². The third-order valence-corrected chi connectivity index (χ3v) is 4.56. The lowest BCUT2D eigenvalue weighted by Crippen LogP contribution is -2.32. The summed E-state index contributed by atoms with van der Waals surface area (Å²) >= 11 is 0. The summed E-state index contributed by atoms with van der Waals surface area (Å²) in [6.07, 6.45) is 6.02. The van der Waals surface area contributed by atoms with E-state index in [-0.39, 0.29) is 0 Å². The molecule has 0 aromatic carbocycles. The first kappa shape index (κ1) is 16.5. The van der Waals surface area contributed by atoms with Crippen molar-refractivity contribution in [1.82, 2.24) is 4.90 Å². The molecular weight excluding hydrogens is 236 g/mol. The summed E-state index contributed by atoms with van der Waals surface area (Å²) in [6, 6.07) is 0.296. The van der Waals surface area contributed by atoms with Crippen molar-refractivity contribution < 1.29 is 4.79 Å². The van der Waals surface area contributed by atoms with Crippen LogP contribution in [-0.4, -0.2) is 29.9 Å². The minimum Gasteiger partial charge on any atom is -0.343 e. The number of carbonyl (C=O) groups is 1. The Hall–Kier alpha value is -0.570. The zero-order valence-corrected chi connectivity index (χ0v) is 13.2. The molecule has 0 radical (unpaired) electrons. The molecule has 1 aliphatic heterocycles. The second kappa shape index (κ2) is 7.28. The van der Waals surface area contributed by atoms with E-state index in [1.54, 1.807) is 0 Å². The van der Waals surface area contributed by atoms with Crippen LogP contribution in [0.3, 0.4) is 0 Å². The van der Waals surface area contributed by atoms with Crippen LogP contribution in [0.2, 0.25) is 0 Å². The molecule has 19 heavy (non-hydrogen) atoms. The van der Waals surface area contributed by atoms with E-state index in [0.29, 0.717) is 23.3 Å². The van der Waals surface area contributed by atoms with Crippen molar-refractivity contribution in [3.63, 3.8) is 0 Å². The average Bonchev–Trinajstić information content (AvgIpc) is 2.51. The van der Waals surface area contributed by atoms with Crippen LogP contribution in [0.1, 0.15) is 66.2 Å². The van der Waals surface area contributed by atoms with Gasteiger partial charge in [-0.05, 0) is 43.4 Å². The van der Waals surface area contributed by atoms with Crippen LogP contribution in [0.25, 0.3) is 0 Å². The van der Waals surface area contributed by atoms with Crippen LogP contribution in [-0.2, 0) is 4.79 Å². The lowest BCUT2D eigenvalue weighted by atomic mass is 9.77. The smallest absolute Gasteiger partial charge is 0.222 e. The molecule has 1 aliphatic rings. The number of hydrogen-bond donors (Lipinski definition) is 1. The molecule has 1 amide bonds. The summed E-state index contributed by atoms with van der Waals surface area (Å²) < 4.78 is 0. The van der Waals surface area contributed by atoms with Gasteiger partial charge in [0, 0.05) is 25.6 Å². The maximum Gasteiger partial charge on any atom is 0.222 e. The number of rotatable bonds is 5. The molecule has 0 aliphatic carbocycles. The average molecular weight is 268 g/mol. The predicted octanol–water partition coefficient (Wildman–Crippen LogP) is 3.18. The molecule has 0 saturated carbocycles. The quantitative estimate of drug-likeness (QED) is 0.832. The van der Waals surface area contributed by atoms with Gasteiger partial charge in [0.1, 0.15) is 0 Å². The van der Waals surface area contributed by atoms with Gasteiger partial charge in [0.25, 0.3) is 0 Å². The van der Waals surface area contributed by atoms with Gasteiger partial charge in [0.05, 0.1) is 0 Å². The van der Waals surface area contributed by atoms with E-state index in [4.69, 9.17) is 5.73 Å². The number of amides is 1. The highest BCUT2D eigenvalue weighted by Gasteiger charge is 2.29. The molecule has 3 heteroatoms. The molecule has 1 rings (SSSR count). The summed E-state index contributed by atoms with van der Waals surface area (Å²) in [4.78, 5) is 14.2. The van der Waals surface area contributed by atoms with Gasteiger partial charge >= 0.3 is 0 Å². The molecule has 1 heterocycles. The summed E-state index contributed by atoms with van der Waals surface area (Å²) in [7, 11) is 0. The zero-order chi connectivity index (χ0) is 14.5. The Kier molecular flexibility index (Phi) is 6.31. The molecule has 0 spiro atoms. The highest BCUT2D eigenvalue weighted by atomic mass is 16.2. The second-order valence-electron chi connectivity index (χ2n) is 7.08. The Morgan fingerprint density at radius 3 is 2.63 bits per heavy atom. The Balaban J connectivity index is 2.41. The van der Waals surface area contributed by atoms with Crippen LogP contribution in [0, 0.1) is 11.3 Å². The molecule has 0 aromatic heterocycles. The van der Waals surface area contributed by atoms with Crippen molar-refractivity contribution in [2.45, 2.75) is 72.3 Å². The molecule has 0 bridgehead atoms. The number of hydrogen-bond acceptors (Lipinski definition) is 2. The Bertz CT molecular complexity index is 283. The van der Waals surface area contributed by atoms with Crippen molar-refractivity contribution in [2.75, 3.05) is 13.1 Å². The zero-order valence-electron chi connectivity index (χ0n) is 13.2. The van der Waals surface area contributed by atoms with Crippen molar-refractivity contribution in [2.24, 2.45) is 17.1 Å². The molecule has 2 unspecified atom stereocenters. The van der Waals surface area contributed by atoms with Crippen molar-refractivity contribution in [3.05, 3.63) is 0 Å². The Labute approximate surface area is 118 Å². The van der Waals surface area contributed by atoms with Crippen molar-refractivity contribution in [1.29, 1.82) is 0 Å². The van der Waals surface area contributed by atoms with E-state index in [2.05, 4.69) is 32.6 Å². The van der Waals surface area contributed by atoms with Crippen LogP contribution in [0.15, 0.2) is 0 Å². The summed E-state index contributed by atoms with van der Waals surface area (Å²) in [5, 5.41) is 0. The van der Waals surface area contributed by atoms with Gasteiger partial charge < -0.3 is 10.6 Å². The lowest BCUT2D eigenvalue weighted by molar-refractivity contribution is -0.130. The molecule has 3 nitrogen and oxygen atoms in total. The second-order valence-corrected chi connectivity index (χ2v) is 7.08. The van der Waals surface area contributed by atoms with Crippen LogP contribution in [0.4, 0.5) is 0 Å². The first-order valence-corrected chi connectivity index (χ1v) is 7.88. The minimum atomic E-state index is 0.296. The summed E-state index contributed by atoms with van der Waals surface area (Å²) in [5.41, 5.74) is 6.25. The number of carbonyl (C=O) groups excluding carboxylic acids is 1. The number of nitrogens with zero attached hydrogens (tertiary/aromatic N) is 1. The lowest BCUT2D eigenvalue weighted by Gasteiger charge is -2.29. The minimum absolute atomic E-state index is 0.296. The van der Waals surface area contributed by atoms with Gasteiger partial charge in [-0.2, -0.15) is 0 Å². The molecule has 0 aromatic rings. The monoisotopic (exact) mass is 268 g/mol. The highest BCUT2D eigenvalue weighted by Crippen LogP contribution is 2.34. The highest BCUT2D eigenvalue weighted by molar-refractivity contribution is 5.76. The van der Waals surface area contributed by atoms with E-state index in [1.807, 2.05) is 0 Å². The standard InChI is InChI=1S/C16H32N2O/c1-5-14(17)7-6-11-18-12-10-13(16(2,3)4)8-9-15(18)19/h13-14H,5-12,17H2,1-4H3. The molecule has 2 N–H and O–H groups in total. The van der Waals surface area contributed by atoms with E-state index in [0.717, 1.165) is 51.6 Å². The van der Waals surface area contributed by atoms with E-state index < -0.39 is 0 Å². The first-order chi connectivity index (χ1) is 8.84. The SMILES string of the molecule is CCC(N)CCCN1CCC(C(C)(C)C)CCC1=O. The fraction of sp³-hybridized carbons (Fsp3) is 0.938. The maximum absolute atomic E-state index is 12.1. The number of nitrogens with two attached hydrogens (primary N) is 1. The van der Waals surface area contributed by atoms with Gasteiger partial charge in [-0.25, -0.2) is 0 Å². The summed E-state index contributed by atoms with van der Waals surface area (Å²) in [5.74, 6) is 1.01. The van der Waals surface area contributed by atoms with Gasteiger partial charge in [-0.1, -0.05) is 27.7 Å². The van der Waals surface area contributed by atoms with Crippen molar-refractivity contribution in [3.8, 4) is 0 Å². The Morgan fingerprint density at radius 2 is 2.05 bits per heavy atom. The normalized spacial score (nSPS) is 23.3. The first-order valence-electron chi connectivity index (χ1n) is 7.88. The third kappa shape index (κ3) is 5.52. The third-order valence-electron chi connectivity index (χ3n) is 4.56. The van der Waals surface area contributed by atoms with Gasteiger partial charge in [0.15, 0.2) is 0 Å². The topological polar surface area (TPSA) is 46.3 Å². The van der Waals surface area contributed by atoms with Crippen LogP contribution < -0.4 is 5.73 Å². The van der Waals surface area contributed by atoms with Crippen molar-refractivity contribution >= 4 is 5.91 Å². The number of likely N-dealkylation sites (tertiary alicyclic amines) is 1. The molecule has 1 fully saturated rings. The largest absolute Gasteiger partial charge is 0.343 e. The molecule has 1 saturated heterocycles. The fourth-order valence-electron chi connectivity index (χ4n) is 2.89. The predicted molar refractivity (Wildman–Crippen MR) is 80.9 cm³/mol. The van der Waals surface area contributed by atoms with Gasteiger partial charge in [0.2, 0.25) is 5.91 Å². The van der Waals surface area contributed by atoms with Gasteiger partial charge in [-0.15, -0.1) is 0 Å². The Morgan fingerprint density at radius 1 is 1.37 bits per heavy atom. The molecular formula is C16H32N2O. The fourth-order valence-corrected chi connectivity index (χ4v) is 2.89. The molecule has 112 valence electrons. The van der Waals surface area contributed by atoms with Crippen LogP contribution in [0.5, 0.6) is 0 Å². The molecule has 2 atom stereocenters. The van der Waals surface area contributed by atoms with Gasteiger partial charge in [-0.3, -0.25) is 4.79 Å². The summed E-state index contributed by atoms with van der Waals surface area (Å²) in [6.45, 7) is 10.8. The van der Waals surface area contributed by atoms with Crippen LogP contribution >= 0.6 is 0 Å². The van der Waals surface area contributed by atoms with E-state index in [9.17, 15) is 4.79 Å².